The number of nitrogen functional groups attached to an aromatic ring is 1. The molecule has 2 heterocycles. The van der Waals surface area contributed by atoms with Gasteiger partial charge in [0.05, 0.1) is 25.5 Å². The van der Waals surface area contributed by atoms with Crippen LogP contribution in [0.4, 0.5) is 0 Å². The highest BCUT2D eigenvalue weighted by Gasteiger charge is 2.16. The topological polar surface area (TPSA) is 114 Å². The Balaban J connectivity index is 1.47. The van der Waals surface area contributed by atoms with Gasteiger partial charge in [0.15, 0.2) is 5.82 Å². The highest BCUT2D eigenvalue weighted by atomic mass is 32.2. The van der Waals surface area contributed by atoms with Gasteiger partial charge in [0, 0.05) is 5.56 Å². The van der Waals surface area contributed by atoms with Gasteiger partial charge in [-0.15, -0.1) is 10.2 Å². The summed E-state index contributed by atoms with van der Waals surface area (Å²) in [7, 11) is 3.22. The summed E-state index contributed by atoms with van der Waals surface area (Å²) in [6.07, 6.45) is 0. The number of nitrogens with zero attached hydrogens (tertiary/aromatic N) is 5. The number of benzene rings is 2. The first kappa shape index (κ1) is 18.8. The van der Waals surface area contributed by atoms with Crippen molar-refractivity contribution < 1.29 is 14.0 Å². The van der Waals surface area contributed by atoms with E-state index in [-0.39, 0.29) is 0 Å². The summed E-state index contributed by atoms with van der Waals surface area (Å²) >= 11 is 1.35. The van der Waals surface area contributed by atoms with Crippen LogP contribution in [-0.2, 0) is 5.75 Å². The molecule has 0 radical (unpaired) electrons. The zero-order valence-electron chi connectivity index (χ0n) is 15.8. The Morgan fingerprint density at radius 1 is 1.03 bits per heavy atom. The fourth-order valence-electron chi connectivity index (χ4n) is 2.69. The van der Waals surface area contributed by atoms with E-state index in [1.807, 2.05) is 48.5 Å². The molecular weight excluding hydrogens is 392 g/mol. The number of ether oxygens (including phenoxy) is 2. The molecule has 148 valence electrons. The van der Waals surface area contributed by atoms with Crippen molar-refractivity contribution >= 4 is 11.8 Å². The molecule has 9 nitrogen and oxygen atoms in total. The van der Waals surface area contributed by atoms with Crippen LogP contribution in [0.2, 0.25) is 0 Å². The average Bonchev–Trinajstić information content (AvgIpc) is 3.39. The quantitative estimate of drug-likeness (QED) is 0.363. The van der Waals surface area contributed by atoms with Crippen LogP contribution < -0.4 is 15.3 Å². The molecule has 0 unspecified atom stereocenters. The largest absolute Gasteiger partial charge is 0.497 e. The molecule has 10 heteroatoms. The van der Waals surface area contributed by atoms with Gasteiger partial charge in [-0.3, -0.25) is 0 Å². The Bertz CT molecular complexity index is 1110. The summed E-state index contributed by atoms with van der Waals surface area (Å²) < 4.78 is 17.3. The van der Waals surface area contributed by atoms with Crippen LogP contribution in [0.3, 0.4) is 0 Å². The van der Waals surface area contributed by atoms with Gasteiger partial charge in [-0.25, -0.2) is 4.68 Å². The summed E-state index contributed by atoms with van der Waals surface area (Å²) in [6.45, 7) is 0. The van der Waals surface area contributed by atoms with Crippen LogP contribution in [0.1, 0.15) is 5.89 Å². The SMILES string of the molecule is COc1ccc(-c2nnc(SCc3nc(-c4ccccc4OC)no3)n2N)cc1. The van der Waals surface area contributed by atoms with E-state index in [9.17, 15) is 0 Å². The minimum absolute atomic E-state index is 0.403. The van der Waals surface area contributed by atoms with Gasteiger partial charge in [-0.2, -0.15) is 4.98 Å². The first-order chi connectivity index (χ1) is 14.2. The minimum atomic E-state index is 0.403. The molecule has 0 fully saturated rings. The van der Waals surface area contributed by atoms with E-state index in [1.165, 1.54) is 16.4 Å². The van der Waals surface area contributed by atoms with Crippen molar-refractivity contribution in [2.75, 3.05) is 20.1 Å². The molecular formula is C19H18N6O3S. The zero-order valence-corrected chi connectivity index (χ0v) is 16.6. The number of hydrogen-bond acceptors (Lipinski definition) is 9. The van der Waals surface area contributed by atoms with Gasteiger partial charge in [-0.05, 0) is 36.4 Å². The smallest absolute Gasteiger partial charge is 0.237 e. The maximum absolute atomic E-state index is 6.16. The van der Waals surface area contributed by atoms with Crippen LogP contribution in [-0.4, -0.2) is 39.2 Å². The molecule has 0 bridgehead atoms. The summed E-state index contributed by atoms with van der Waals surface area (Å²) in [4.78, 5) is 4.43. The Morgan fingerprint density at radius 3 is 2.59 bits per heavy atom. The van der Waals surface area contributed by atoms with Gasteiger partial charge < -0.3 is 19.8 Å². The molecule has 0 saturated carbocycles. The van der Waals surface area contributed by atoms with E-state index in [0.29, 0.717) is 34.2 Å². The molecule has 0 saturated heterocycles. The second-order valence-corrected chi connectivity index (χ2v) is 6.85. The lowest BCUT2D eigenvalue weighted by Gasteiger charge is -2.04. The third-order valence-corrected chi connectivity index (χ3v) is 5.08. The highest BCUT2D eigenvalue weighted by Crippen LogP contribution is 2.29. The number of thioether (sulfide) groups is 1. The number of methoxy groups -OCH3 is 2. The molecule has 2 N–H and O–H groups in total. The maximum Gasteiger partial charge on any atom is 0.237 e. The summed E-state index contributed by atoms with van der Waals surface area (Å²) in [5.74, 6) is 9.46. The van der Waals surface area contributed by atoms with Gasteiger partial charge in [0.2, 0.25) is 16.9 Å². The van der Waals surface area contributed by atoms with Crippen LogP contribution in [0, 0.1) is 0 Å². The van der Waals surface area contributed by atoms with Crippen molar-refractivity contribution in [3.63, 3.8) is 0 Å². The van der Waals surface area contributed by atoms with E-state index in [1.54, 1.807) is 14.2 Å². The number of nitrogens with two attached hydrogens (primary N) is 1. The molecule has 0 atom stereocenters. The van der Waals surface area contributed by atoms with Gasteiger partial charge in [0.1, 0.15) is 11.5 Å². The van der Waals surface area contributed by atoms with Crippen LogP contribution >= 0.6 is 11.8 Å². The molecule has 2 aromatic heterocycles. The first-order valence-electron chi connectivity index (χ1n) is 8.63. The third-order valence-electron chi connectivity index (χ3n) is 4.15. The molecule has 0 aliphatic rings. The molecule has 29 heavy (non-hydrogen) atoms. The van der Waals surface area contributed by atoms with Gasteiger partial charge in [0.25, 0.3) is 0 Å². The third kappa shape index (κ3) is 3.87. The van der Waals surface area contributed by atoms with E-state index >= 15 is 0 Å². The van der Waals surface area contributed by atoms with Crippen LogP contribution in [0.25, 0.3) is 22.8 Å². The predicted octanol–water partition coefficient (Wildman–Crippen LogP) is 3.02. The second-order valence-electron chi connectivity index (χ2n) is 5.91. The average molecular weight is 410 g/mol. The van der Waals surface area contributed by atoms with Gasteiger partial charge >= 0.3 is 0 Å². The fourth-order valence-corrected chi connectivity index (χ4v) is 3.38. The Morgan fingerprint density at radius 2 is 1.83 bits per heavy atom. The molecule has 2 aromatic carbocycles. The zero-order chi connectivity index (χ0) is 20.2. The van der Waals surface area contributed by atoms with Crippen molar-refractivity contribution in [3.8, 4) is 34.3 Å². The summed E-state index contributed by atoms with van der Waals surface area (Å²) in [5.41, 5.74) is 1.60. The van der Waals surface area contributed by atoms with E-state index < -0.39 is 0 Å². The normalized spacial score (nSPS) is 10.8. The van der Waals surface area contributed by atoms with Crippen molar-refractivity contribution in [1.82, 2.24) is 25.0 Å². The Hall–Kier alpha value is -3.53. The van der Waals surface area contributed by atoms with Crippen molar-refractivity contribution in [3.05, 3.63) is 54.4 Å². The van der Waals surface area contributed by atoms with Gasteiger partial charge in [-0.1, -0.05) is 29.1 Å². The van der Waals surface area contributed by atoms with Crippen LogP contribution in [0.15, 0.2) is 58.2 Å². The van der Waals surface area contributed by atoms with E-state index in [0.717, 1.165) is 16.9 Å². The second kappa shape index (κ2) is 8.23. The minimum Gasteiger partial charge on any atom is -0.497 e. The van der Waals surface area contributed by atoms with Crippen LogP contribution in [0.5, 0.6) is 11.5 Å². The molecule has 4 aromatic rings. The monoisotopic (exact) mass is 410 g/mol. The van der Waals surface area contributed by atoms with E-state index in [2.05, 4.69) is 20.3 Å². The lowest BCUT2D eigenvalue weighted by atomic mass is 10.2. The fraction of sp³-hybridized carbons (Fsp3) is 0.158. The van der Waals surface area contributed by atoms with Crippen molar-refractivity contribution in [2.45, 2.75) is 10.9 Å². The predicted molar refractivity (Wildman–Crippen MR) is 108 cm³/mol. The molecule has 4 rings (SSSR count). The number of aromatic nitrogens is 5. The summed E-state index contributed by atoms with van der Waals surface area (Å²) in [6, 6.07) is 14.9. The summed E-state index contributed by atoms with van der Waals surface area (Å²) in [5, 5.41) is 12.9. The van der Waals surface area contributed by atoms with Crippen molar-refractivity contribution in [2.24, 2.45) is 0 Å². The maximum atomic E-state index is 6.16. The lowest BCUT2D eigenvalue weighted by molar-refractivity contribution is 0.390. The van der Waals surface area contributed by atoms with E-state index in [4.69, 9.17) is 19.8 Å². The number of hydrogen-bond donors (Lipinski definition) is 1. The lowest BCUT2D eigenvalue weighted by Crippen LogP contribution is -2.11. The Labute approximate surface area is 170 Å². The molecule has 0 aliphatic heterocycles. The molecule has 0 amide bonds. The van der Waals surface area contributed by atoms with Crippen molar-refractivity contribution in [1.29, 1.82) is 0 Å². The highest BCUT2D eigenvalue weighted by molar-refractivity contribution is 7.98. The Kier molecular flexibility index (Phi) is 5.34. The molecule has 0 spiro atoms. The number of para-hydroxylation sites is 1. The molecule has 0 aliphatic carbocycles. The first-order valence-corrected chi connectivity index (χ1v) is 9.62. The number of rotatable bonds is 7. The standard InChI is InChI=1S/C19H18N6O3S/c1-26-13-9-7-12(8-10-13)18-22-23-19(25(18)20)29-11-16-21-17(24-28-16)14-5-3-4-6-15(14)27-2/h3-10H,11,20H2,1-2H3.